The molecule has 41 heavy (non-hydrogen) atoms. The van der Waals surface area contributed by atoms with Crippen molar-refractivity contribution in [3.63, 3.8) is 0 Å². The number of aryl methyl sites for hydroxylation is 1. The summed E-state index contributed by atoms with van der Waals surface area (Å²) in [5.41, 5.74) is 2.70. The Hall–Kier alpha value is -2.33. The summed E-state index contributed by atoms with van der Waals surface area (Å²) in [7, 11) is 4.44. The van der Waals surface area contributed by atoms with E-state index in [9.17, 15) is 4.79 Å². The summed E-state index contributed by atoms with van der Waals surface area (Å²) >= 11 is 0. The van der Waals surface area contributed by atoms with E-state index in [1.807, 2.05) is 19.9 Å². The van der Waals surface area contributed by atoms with Crippen LogP contribution in [0, 0.1) is 5.92 Å². The van der Waals surface area contributed by atoms with Crippen LogP contribution in [0.5, 0.6) is 5.75 Å². The Kier molecular flexibility index (Phi) is 17.5. The molecular weight excluding hydrogens is 506 g/mol. The molecule has 2 unspecified atom stereocenters. The van der Waals surface area contributed by atoms with Crippen LogP contribution in [0.2, 0.25) is 0 Å². The van der Waals surface area contributed by atoms with Crippen LogP contribution < -0.4 is 4.74 Å². The van der Waals surface area contributed by atoms with Crippen LogP contribution in [0.4, 0.5) is 0 Å². The molecule has 2 aromatic carbocycles. The van der Waals surface area contributed by atoms with Crippen LogP contribution in [-0.2, 0) is 22.5 Å². The Labute approximate surface area is 252 Å². The maximum Gasteiger partial charge on any atom is 0.308 e. The molecule has 2 rings (SSSR count). The fourth-order valence-corrected chi connectivity index (χ4v) is 5.30. The van der Waals surface area contributed by atoms with Crippen LogP contribution in [0.3, 0.4) is 0 Å². The van der Waals surface area contributed by atoms with Gasteiger partial charge in [-0.15, -0.1) is 0 Å². The molecule has 0 fully saturated rings. The number of unbranched alkanes of at least 4 members (excludes halogenated alkanes) is 10. The van der Waals surface area contributed by atoms with E-state index in [0.29, 0.717) is 13.0 Å². The molecule has 0 amide bonds. The lowest BCUT2D eigenvalue weighted by Gasteiger charge is -2.30. The summed E-state index contributed by atoms with van der Waals surface area (Å²) in [5.74, 6) is 0.675. The fraction of sp³-hybridized carbons (Fsp3) is 0.649. The van der Waals surface area contributed by atoms with Crippen LogP contribution >= 0.6 is 0 Å². The van der Waals surface area contributed by atoms with Crippen LogP contribution in [0.25, 0.3) is 0 Å². The smallest absolute Gasteiger partial charge is 0.308 e. The monoisotopic (exact) mass is 566 g/mol. The predicted octanol–water partition coefficient (Wildman–Crippen LogP) is 9.54. The van der Waals surface area contributed by atoms with Crippen molar-refractivity contribution in [3.05, 3.63) is 65.7 Å². The minimum Gasteiger partial charge on any atom is -0.491 e. The summed E-state index contributed by atoms with van der Waals surface area (Å²) in [6.07, 6.45) is 17.8. The van der Waals surface area contributed by atoms with Gasteiger partial charge in [0.2, 0.25) is 0 Å². The molecule has 0 aliphatic carbocycles. The average Bonchev–Trinajstić information content (AvgIpc) is 2.95. The minimum atomic E-state index is -0.108. The summed E-state index contributed by atoms with van der Waals surface area (Å²) < 4.78 is 12.5. The van der Waals surface area contributed by atoms with Gasteiger partial charge in [-0.1, -0.05) is 121 Å². The number of carbonyl (C=O) groups is 1. The highest BCUT2D eigenvalue weighted by Gasteiger charge is 2.22. The molecule has 0 saturated carbocycles. The quantitative estimate of drug-likeness (QED) is 0.0763. The highest BCUT2D eigenvalue weighted by molar-refractivity contribution is 5.71. The molecule has 2 atom stereocenters. The van der Waals surface area contributed by atoms with Crippen LogP contribution in [-0.4, -0.2) is 43.8 Å². The van der Waals surface area contributed by atoms with E-state index in [-0.39, 0.29) is 18.0 Å². The number of ether oxygens (including phenoxy) is 2. The second kappa shape index (κ2) is 20.5. The van der Waals surface area contributed by atoms with Gasteiger partial charge in [-0.25, -0.2) is 0 Å². The van der Waals surface area contributed by atoms with E-state index in [1.165, 1.54) is 81.8 Å². The standard InChI is InChI=1S/C37H60NO3/c1-6-7-8-9-10-11-12-13-14-15-17-20-34-23-25-36(26-24-34)41-33(3)28-30-40-37(39)32(2)27-29-38(4,5)31-35-21-18-16-19-22-35/h16,18-19,21-26,32-33H,6-15,17,20,27-31H2,1-5H3/q+1. The molecule has 0 aromatic heterocycles. The average molecular weight is 567 g/mol. The van der Waals surface area contributed by atoms with Crippen molar-refractivity contribution in [2.75, 3.05) is 27.2 Å². The number of benzene rings is 2. The van der Waals surface area contributed by atoms with Gasteiger partial charge < -0.3 is 14.0 Å². The predicted molar refractivity (Wildman–Crippen MR) is 173 cm³/mol. The Morgan fingerprint density at radius 1 is 0.732 bits per heavy atom. The van der Waals surface area contributed by atoms with Crippen molar-refractivity contribution in [1.82, 2.24) is 0 Å². The van der Waals surface area contributed by atoms with Gasteiger partial charge in [-0.2, -0.15) is 0 Å². The molecule has 0 bridgehead atoms. The summed E-state index contributed by atoms with van der Waals surface area (Å²) in [5, 5.41) is 0. The summed E-state index contributed by atoms with van der Waals surface area (Å²) in [4.78, 5) is 12.5. The van der Waals surface area contributed by atoms with Crippen molar-refractivity contribution < 1.29 is 18.8 Å². The molecule has 0 spiro atoms. The first-order valence-electron chi connectivity index (χ1n) is 16.6. The first-order chi connectivity index (χ1) is 19.8. The van der Waals surface area contributed by atoms with Crippen LogP contribution in [0.15, 0.2) is 54.6 Å². The summed E-state index contributed by atoms with van der Waals surface area (Å²) in [6, 6.07) is 19.1. The Morgan fingerprint density at radius 2 is 1.32 bits per heavy atom. The third-order valence-electron chi connectivity index (χ3n) is 8.12. The highest BCUT2D eigenvalue weighted by Crippen LogP contribution is 2.18. The van der Waals surface area contributed by atoms with Gasteiger partial charge in [0.05, 0.1) is 39.3 Å². The first-order valence-corrected chi connectivity index (χ1v) is 16.6. The lowest BCUT2D eigenvalue weighted by molar-refractivity contribution is -0.904. The van der Waals surface area contributed by atoms with Gasteiger partial charge in [0.25, 0.3) is 0 Å². The fourth-order valence-electron chi connectivity index (χ4n) is 5.30. The molecule has 0 saturated heterocycles. The van der Waals surface area contributed by atoms with E-state index in [0.717, 1.165) is 36.2 Å². The topological polar surface area (TPSA) is 35.5 Å². The second-order valence-corrected chi connectivity index (χ2v) is 12.8. The van der Waals surface area contributed by atoms with Crippen molar-refractivity contribution in [2.24, 2.45) is 5.92 Å². The van der Waals surface area contributed by atoms with Gasteiger partial charge in [0.1, 0.15) is 12.3 Å². The number of hydrogen-bond donors (Lipinski definition) is 0. The van der Waals surface area contributed by atoms with E-state index in [4.69, 9.17) is 9.47 Å². The number of quaternary nitrogens is 1. The highest BCUT2D eigenvalue weighted by atomic mass is 16.5. The van der Waals surface area contributed by atoms with Crippen molar-refractivity contribution in [1.29, 1.82) is 0 Å². The number of hydrogen-bond acceptors (Lipinski definition) is 3. The van der Waals surface area contributed by atoms with Crippen LogP contribution in [0.1, 0.15) is 115 Å². The molecule has 0 heterocycles. The zero-order chi connectivity index (χ0) is 29.8. The largest absolute Gasteiger partial charge is 0.491 e. The first kappa shape index (κ1) is 34.9. The normalized spacial score (nSPS) is 13.1. The van der Waals surface area contributed by atoms with E-state index in [1.54, 1.807) is 0 Å². The van der Waals surface area contributed by atoms with Crippen molar-refractivity contribution >= 4 is 5.97 Å². The molecule has 0 radical (unpaired) electrons. The molecule has 0 N–H and O–H groups in total. The van der Waals surface area contributed by atoms with Crippen molar-refractivity contribution in [3.8, 4) is 5.75 Å². The Bertz CT molecular complexity index is 925. The lowest BCUT2D eigenvalue weighted by Crippen LogP contribution is -2.40. The number of rotatable bonds is 23. The summed E-state index contributed by atoms with van der Waals surface area (Å²) in [6.45, 7) is 8.58. The van der Waals surface area contributed by atoms with E-state index < -0.39 is 0 Å². The van der Waals surface area contributed by atoms with Gasteiger partial charge in [-0.3, -0.25) is 4.79 Å². The molecule has 0 aliphatic heterocycles. The third kappa shape index (κ3) is 16.6. The van der Waals surface area contributed by atoms with Gasteiger partial charge in [0, 0.05) is 18.4 Å². The van der Waals surface area contributed by atoms with Gasteiger partial charge >= 0.3 is 5.97 Å². The van der Waals surface area contributed by atoms with Gasteiger partial charge in [-0.05, 0) is 37.5 Å². The maximum absolute atomic E-state index is 12.5. The second-order valence-electron chi connectivity index (χ2n) is 12.8. The molecular formula is C37H60NO3+. The van der Waals surface area contributed by atoms with E-state index >= 15 is 0 Å². The molecule has 4 heteroatoms. The van der Waals surface area contributed by atoms with Gasteiger partial charge in [0.15, 0.2) is 0 Å². The Morgan fingerprint density at radius 3 is 1.93 bits per heavy atom. The van der Waals surface area contributed by atoms with Crippen molar-refractivity contribution in [2.45, 2.75) is 123 Å². The lowest BCUT2D eigenvalue weighted by atomic mass is 10.0. The Balaban J connectivity index is 1.53. The molecule has 0 aliphatic rings. The molecule has 2 aromatic rings. The maximum atomic E-state index is 12.5. The third-order valence-corrected chi connectivity index (χ3v) is 8.12. The number of nitrogens with zero attached hydrogens (tertiary/aromatic N) is 1. The van der Waals surface area contributed by atoms with E-state index in [2.05, 4.69) is 69.6 Å². The minimum absolute atomic E-state index is 0.00271. The number of carbonyl (C=O) groups excluding carboxylic acids is 1. The zero-order valence-corrected chi connectivity index (χ0v) is 27.0. The zero-order valence-electron chi connectivity index (χ0n) is 27.0. The SMILES string of the molecule is CCCCCCCCCCCCCc1ccc(OC(C)CCOC(=O)C(C)CC[N+](C)(C)Cc2ccccc2)cc1. The molecule has 4 nitrogen and oxygen atoms in total. The number of esters is 1. The molecule has 230 valence electrons.